The maximum absolute atomic E-state index is 4.58. The number of rotatable bonds is 2. The Morgan fingerprint density at radius 1 is 0.824 bits per heavy atom. The Hall–Kier alpha value is -2.29. The molecule has 3 heteroatoms. The molecule has 0 unspecified atom stereocenters. The second kappa shape index (κ2) is 4.29. The van der Waals surface area contributed by atoms with Crippen LogP contribution in [-0.4, -0.2) is 15.7 Å². The quantitative estimate of drug-likeness (QED) is 0.782. The van der Waals surface area contributed by atoms with E-state index in [2.05, 4.69) is 21.0 Å². The van der Waals surface area contributed by atoms with Crippen LogP contribution < -0.4 is 0 Å². The van der Waals surface area contributed by atoms with Gasteiger partial charge in [-0.15, -0.1) is 0 Å². The molecule has 3 heterocycles. The molecule has 0 amide bonds. The zero-order chi connectivity index (χ0) is 11.5. The molecule has 1 aliphatic heterocycles. The van der Waals surface area contributed by atoms with Crippen molar-refractivity contribution in [3.05, 3.63) is 66.3 Å². The van der Waals surface area contributed by atoms with Crippen LogP contribution in [0.1, 0.15) is 17.8 Å². The highest BCUT2D eigenvalue weighted by Crippen LogP contribution is 2.22. The summed E-state index contributed by atoms with van der Waals surface area (Å²) in [5.74, 6) is 0. The summed E-state index contributed by atoms with van der Waals surface area (Å²) < 4.78 is 0. The van der Waals surface area contributed by atoms with Crippen molar-refractivity contribution in [2.45, 2.75) is 6.42 Å². The summed E-state index contributed by atoms with van der Waals surface area (Å²) in [6.07, 6.45) is 6.48. The fourth-order valence-corrected chi connectivity index (χ4v) is 1.80. The van der Waals surface area contributed by atoms with E-state index in [-0.39, 0.29) is 0 Å². The van der Waals surface area contributed by atoms with E-state index in [1.165, 1.54) is 0 Å². The van der Waals surface area contributed by atoms with Crippen molar-refractivity contribution in [2.24, 2.45) is 4.99 Å². The summed E-state index contributed by atoms with van der Waals surface area (Å²) in [5, 5.41) is 0. The van der Waals surface area contributed by atoms with Gasteiger partial charge in [0.2, 0.25) is 0 Å². The largest absolute Gasteiger partial charge is 0.255 e. The third-order valence-corrected chi connectivity index (χ3v) is 2.63. The first-order valence-electron chi connectivity index (χ1n) is 5.54. The van der Waals surface area contributed by atoms with Crippen LogP contribution >= 0.6 is 0 Å². The van der Waals surface area contributed by atoms with Crippen LogP contribution in [0.15, 0.2) is 59.9 Å². The Labute approximate surface area is 99.6 Å². The van der Waals surface area contributed by atoms with Gasteiger partial charge in [0.25, 0.3) is 0 Å². The van der Waals surface area contributed by atoms with Crippen LogP contribution in [0.4, 0.5) is 0 Å². The first kappa shape index (κ1) is 9.90. The van der Waals surface area contributed by atoms with Gasteiger partial charge in [-0.1, -0.05) is 18.2 Å². The van der Waals surface area contributed by atoms with Gasteiger partial charge in [-0.2, -0.15) is 0 Å². The van der Waals surface area contributed by atoms with Crippen molar-refractivity contribution in [1.29, 1.82) is 0 Å². The maximum atomic E-state index is 4.58. The molecule has 0 atom stereocenters. The van der Waals surface area contributed by atoms with Crippen LogP contribution in [0.2, 0.25) is 0 Å². The summed E-state index contributed by atoms with van der Waals surface area (Å²) in [7, 11) is 0. The molecular weight excluding hydrogens is 210 g/mol. The highest BCUT2D eigenvalue weighted by molar-refractivity contribution is 6.05. The van der Waals surface area contributed by atoms with Crippen molar-refractivity contribution in [3.8, 4) is 0 Å². The summed E-state index contributed by atoms with van der Waals surface area (Å²) in [4.78, 5) is 13.2. The van der Waals surface area contributed by atoms with Crippen molar-refractivity contribution < 1.29 is 0 Å². The molecule has 0 saturated heterocycles. The van der Waals surface area contributed by atoms with E-state index in [4.69, 9.17) is 0 Å². The average molecular weight is 221 g/mol. The molecule has 0 bridgehead atoms. The van der Waals surface area contributed by atoms with Crippen LogP contribution in [-0.2, 0) is 0 Å². The summed E-state index contributed by atoms with van der Waals surface area (Å²) in [6.45, 7) is 0. The number of nitrogens with zero attached hydrogens (tertiary/aromatic N) is 3. The van der Waals surface area contributed by atoms with Gasteiger partial charge in [0.05, 0.1) is 22.8 Å². The lowest BCUT2D eigenvalue weighted by Gasteiger charge is -1.98. The van der Waals surface area contributed by atoms with Crippen LogP contribution in [0.3, 0.4) is 0 Å². The molecule has 2 aromatic rings. The number of pyridine rings is 2. The Morgan fingerprint density at radius 2 is 1.53 bits per heavy atom. The van der Waals surface area contributed by atoms with E-state index in [1.807, 2.05) is 36.4 Å². The summed E-state index contributed by atoms with van der Waals surface area (Å²) >= 11 is 0. The number of allylic oxidation sites excluding steroid dienone is 1. The Bertz CT molecular complexity index is 571. The first-order chi connectivity index (χ1) is 8.43. The molecule has 0 saturated carbocycles. The lowest BCUT2D eigenvalue weighted by atomic mass is 10.2. The van der Waals surface area contributed by atoms with Gasteiger partial charge >= 0.3 is 0 Å². The van der Waals surface area contributed by atoms with Gasteiger partial charge in [-0.05, 0) is 24.3 Å². The molecule has 3 nitrogen and oxygen atoms in total. The fourth-order valence-electron chi connectivity index (χ4n) is 1.80. The zero-order valence-electron chi connectivity index (χ0n) is 9.24. The minimum Gasteiger partial charge on any atom is -0.255 e. The van der Waals surface area contributed by atoms with Crippen molar-refractivity contribution in [1.82, 2.24) is 9.97 Å². The minimum absolute atomic E-state index is 0.822. The number of hydrogen-bond acceptors (Lipinski definition) is 3. The van der Waals surface area contributed by atoms with E-state index >= 15 is 0 Å². The van der Waals surface area contributed by atoms with Gasteiger partial charge in [0.1, 0.15) is 0 Å². The topological polar surface area (TPSA) is 38.1 Å². The molecule has 0 fully saturated rings. The highest BCUT2D eigenvalue weighted by atomic mass is 14.9. The Kier molecular flexibility index (Phi) is 2.50. The van der Waals surface area contributed by atoms with Gasteiger partial charge in [0, 0.05) is 18.8 Å². The summed E-state index contributed by atoms with van der Waals surface area (Å²) in [6, 6.07) is 11.7. The number of hydrogen-bond donors (Lipinski definition) is 0. The average Bonchev–Trinajstić information content (AvgIpc) is 2.90. The van der Waals surface area contributed by atoms with E-state index in [9.17, 15) is 0 Å². The molecular formula is C14H11N3. The standard InChI is InChI=1S/C14H11N3/c1-3-9-15-11(5-1)13-7-8-14(17-13)12-6-2-4-10-16-12/h1-7,9-10H,8H2. The molecule has 17 heavy (non-hydrogen) atoms. The predicted molar refractivity (Wildman–Crippen MR) is 67.6 cm³/mol. The third kappa shape index (κ3) is 1.99. The van der Waals surface area contributed by atoms with Crippen LogP contribution in [0.25, 0.3) is 5.70 Å². The fraction of sp³-hybridized carbons (Fsp3) is 0.0714. The van der Waals surface area contributed by atoms with Gasteiger partial charge in [-0.25, -0.2) is 4.99 Å². The van der Waals surface area contributed by atoms with Gasteiger partial charge in [-0.3, -0.25) is 9.97 Å². The molecule has 0 aliphatic carbocycles. The number of aliphatic imine (C=N–C) groups is 1. The summed E-state index contributed by atoms with van der Waals surface area (Å²) in [5.41, 5.74) is 3.80. The number of aromatic nitrogens is 2. The monoisotopic (exact) mass is 221 g/mol. The van der Waals surface area contributed by atoms with E-state index in [0.29, 0.717) is 0 Å². The molecule has 0 spiro atoms. The highest BCUT2D eigenvalue weighted by Gasteiger charge is 2.13. The van der Waals surface area contributed by atoms with E-state index in [0.717, 1.165) is 29.2 Å². The second-order valence-corrected chi connectivity index (χ2v) is 3.78. The zero-order valence-corrected chi connectivity index (χ0v) is 9.24. The van der Waals surface area contributed by atoms with Crippen molar-refractivity contribution in [3.63, 3.8) is 0 Å². The lowest BCUT2D eigenvalue weighted by molar-refractivity contribution is 1.25. The first-order valence-corrected chi connectivity index (χ1v) is 5.54. The van der Waals surface area contributed by atoms with Gasteiger partial charge < -0.3 is 0 Å². The van der Waals surface area contributed by atoms with Gasteiger partial charge in [0.15, 0.2) is 0 Å². The second-order valence-electron chi connectivity index (χ2n) is 3.78. The molecule has 82 valence electrons. The van der Waals surface area contributed by atoms with E-state index in [1.54, 1.807) is 12.4 Å². The Balaban J connectivity index is 1.91. The van der Waals surface area contributed by atoms with Crippen LogP contribution in [0.5, 0.6) is 0 Å². The maximum Gasteiger partial charge on any atom is 0.0883 e. The van der Waals surface area contributed by atoms with Crippen molar-refractivity contribution >= 4 is 11.4 Å². The minimum atomic E-state index is 0.822. The smallest absolute Gasteiger partial charge is 0.0883 e. The molecule has 3 rings (SSSR count). The van der Waals surface area contributed by atoms with Crippen molar-refractivity contribution in [2.75, 3.05) is 0 Å². The van der Waals surface area contributed by atoms with Crippen LogP contribution in [0, 0.1) is 0 Å². The molecule has 0 N–H and O–H groups in total. The lowest BCUT2D eigenvalue weighted by Crippen LogP contribution is -1.98. The molecule has 1 aliphatic rings. The Morgan fingerprint density at radius 3 is 2.18 bits per heavy atom. The van der Waals surface area contributed by atoms with E-state index < -0.39 is 0 Å². The molecule has 0 aromatic carbocycles. The third-order valence-electron chi connectivity index (χ3n) is 2.63. The normalized spacial score (nSPS) is 14.4. The molecule has 0 radical (unpaired) electrons. The predicted octanol–water partition coefficient (Wildman–Crippen LogP) is 2.71. The SMILES string of the molecule is C1=C(c2ccccn2)N=C(c2ccccn2)C1. The molecule has 2 aromatic heterocycles.